The summed E-state index contributed by atoms with van der Waals surface area (Å²) in [7, 11) is 0. The predicted octanol–water partition coefficient (Wildman–Crippen LogP) is 2.15. The van der Waals surface area contributed by atoms with Crippen LogP contribution in [0.25, 0.3) is 11.4 Å². The quantitative estimate of drug-likeness (QED) is 0.674. The van der Waals surface area contributed by atoms with Crippen molar-refractivity contribution in [3.05, 3.63) is 23.2 Å². The Morgan fingerprint density at radius 1 is 1.29 bits per heavy atom. The molecule has 2 N–H and O–H groups in total. The Morgan fingerprint density at radius 3 is 2.71 bits per heavy atom. The molecule has 0 fully saturated rings. The zero-order valence-corrected chi connectivity index (χ0v) is 11.4. The third-order valence-corrected chi connectivity index (χ3v) is 2.64. The van der Waals surface area contributed by atoms with E-state index in [9.17, 15) is 13.2 Å². The molecule has 2 rings (SSSR count). The van der Waals surface area contributed by atoms with Crippen LogP contribution in [-0.4, -0.2) is 39.6 Å². The van der Waals surface area contributed by atoms with E-state index in [1.54, 1.807) is 18.2 Å². The van der Waals surface area contributed by atoms with Crippen LogP contribution in [0, 0.1) is 0 Å². The predicted molar refractivity (Wildman–Crippen MR) is 69.5 cm³/mol. The SMILES string of the molecule is Nc1cc(Cl)cc(-c2nnnn2CCOCC(F)(F)F)c1. The highest BCUT2D eigenvalue weighted by molar-refractivity contribution is 6.31. The number of hydrogen-bond acceptors (Lipinski definition) is 5. The van der Waals surface area contributed by atoms with Crippen molar-refractivity contribution < 1.29 is 17.9 Å². The average molecular weight is 322 g/mol. The number of nitrogens with zero attached hydrogens (tertiary/aromatic N) is 4. The normalized spacial score (nSPS) is 11.8. The van der Waals surface area contributed by atoms with Gasteiger partial charge in [-0.25, -0.2) is 4.68 Å². The minimum absolute atomic E-state index is 0.0742. The Balaban J connectivity index is 2.05. The van der Waals surface area contributed by atoms with Gasteiger partial charge in [0, 0.05) is 16.3 Å². The number of ether oxygens (including phenoxy) is 1. The summed E-state index contributed by atoms with van der Waals surface area (Å²) >= 11 is 5.89. The number of anilines is 1. The van der Waals surface area contributed by atoms with Gasteiger partial charge in [-0.2, -0.15) is 13.2 Å². The molecule has 0 amide bonds. The molecular weight excluding hydrogens is 311 g/mol. The van der Waals surface area contributed by atoms with Crippen LogP contribution in [0.1, 0.15) is 0 Å². The zero-order valence-electron chi connectivity index (χ0n) is 10.6. The number of nitrogens with two attached hydrogens (primary N) is 1. The van der Waals surface area contributed by atoms with Crippen molar-refractivity contribution in [3.63, 3.8) is 0 Å². The third kappa shape index (κ3) is 4.57. The molecule has 0 saturated heterocycles. The number of alkyl halides is 3. The van der Waals surface area contributed by atoms with E-state index in [2.05, 4.69) is 20.3 Å². The van der Waals surface area contributed by atoms with Crippen molar-refractivity contribution in [1.82, 2.24) is 20.2 Å². The van der Waals surface area contributed by atoms with Gasteiger partial charge in [-0.05, 0) is 28.6 Å². The molecule has 0 unspecified atom stereocenters. The van der Waals surface area contributed by atoms with E-state index in [0.717, 1.165) is 0 Å². The summed E-state index contributed by atoms with van der Waals surface area (Å²) in [5, 5.41) is 11.4. The molecule has 0 aliphatic rings. The lowest BCUT2D eigenvalue weighted by molar-refractivity contribution is -0.174. The number of hydrogen-bond donors (Lipinski definition) is 1. The standard InChI is InChI=1S/C11H11ClF3N5O/c12-8-3-7(4-9(16)5-8)10-17-18-19-20(10)1-2-21-6-11(13,14)15/h3-5H,1-2,6,16H2. The van der Waals surface area contributed by atoms with Crippen LogP contribution < -0.4 is 5.73 Å². The first-order valence-corrected chi connectivity index (χ1v) is 6.20. The molecule has 1 aromatic carbocycles. The van der Waals surface area contributed by atoms with Crippen LogP contribution >= 0.6 is 11.6 Å². The molecule has 1 heterocycles. The van der Waals surface area contributed by atoms with Crippen molar-refractivity contribution in [2.45, 2.75) is 12.7 Å². The molecule has 0 saturated carbocycles. The molecule has 114 valence electrons. The zero-order chi connectivity index (χ0) is 15.5. The highest BCUT2D eigenvalue weighted by Gasteiger charge is 2.27. The fourth-order valence-corrected chi connectivity index (χ4v) is 1.89. The van der Waals surface area contributed by atoms with Gasteiger partial charge in [-0.15, -0.1) is 5.10 Å². The Hall–Kier alpha value is -1.87. The van der Waals surface area contributed by atoms with Gasteiger partial charge < -0.3 is 10.5 Å². The molecule has 0 atom stereocenters. The molecule has 0 radical (unpaired) electrons. The number of benzene rings is 1. The Morgan fingerprint density at radius 2 is 2.05 bits per heavy atom. The molecule has 1 aromatic heterocycles. The van der Waals surface area contributed by atoms with Crippen molar-refractivity contribution in [2.75, 3.05) is 18.9 Å². The van der Waals surface area contributed by atoms with Crippen LogP contribution in [0.3, 0.4) is 0 Å². The second-order valence-corrected chi connectivity index (χ2v) is 4.60. The first-order chi connectivity index (χ1) is 9.85. The molecule has 2 aromatic rings. The number of tetrazole rings is 1. The summed E-state index contributed by atoms with van der Waals surface area (Å²) in [5.74, 6) is 0.347. The van der Waals surface area contributed by atoms with Crippen LogP contribution in [0.4, 0.5) is 18.9 Å². The van der Waals surface area contributed by atoms with Gasteiger partial charge in [-0.1, -0.05) is 11.6 Å². The number of nitrogen functional groups attached to an aromatic ring is 1. The van der Waals surface area contributed by atoms with Crippen LogP contribution in [0.2, 0.25) is 5.02 Å². The number of halogens is 4. The van der Waals surface area contributed by atoms with Crippen molar-refractivity contribution in [2.24, 2.45) is 0 Å². The van der Waals surface area contributed by atoms with Crippen LogP contribution in [0.5, 0.6) is 0 Å². The lowest BCUT2D eigenvalue weighted by atomic mass is 10.2. The third-order valence-electron chi connectivity index (χ3n) is 2.42. The van der Waals surface area contributed by atoms with Gasteiger partial charge in [0.2, 0.25) is 0 Å². The summed E-state index contributed by atoms with van der Waals surface area (Å²) in [6, 6.07) is 4.78. The number of rotatable bonds is 5. The second kappa shape index (κ2) is 6.27. The van der Waals surface area contributed by atoms with Crippen molar-refractivity contribution >= 4 is 17.3 Å². The Kier molecular flexibility index (Phi) is 4.63. The van der Waals surface area contributed by atoms with E-state index in [1.165, 1.54) is 4.68 Å². The summed E-state index contributed by atoms with van der Waals surface area (Å²) in [5.41, 5.74) is 6.67. The fourth-order valence-electron chi connectivity index (χ4n) is 1.64. The maximum atomic E-state index is 12.0. The molecule has 0 aliphatic carbocycles. The number of aromatic nitrogens is 4. The first-order valence-electron chi connectivity index (χ1n) is 5.82. The maximum absolute atomic E-state index is 12.0. The van der Waals surface area contributed by atoms with E-state index in [0.29, 0.717) is 22.1 Å². The molecule has 6 nitrogen and oxygen atoms in total. The van der Waals surface area contributed by atoms with Crippen molar-refractivity contribution in [3.8, 4) is 11.4 Å². The molecular formula is C11H11ClF3N5O. The minimum Gasteiger partial charge on any atom is -0.399 e. The first kappa shape index (κ1) is 15.5. The highest BCUT2D eigenvalue weighted by Crippen LogP contribution is 2.24. The molecule has 10 heteroatoms. The van der Waals surface area contributed by atoms with Crippen LogP contribution in [0.15, 0.2) is 18.2 Å². The molecule has 0 aliphatic heterocycles. The van der Waals surface area contributed by atoms with Gasteiger partial charge in [0.15, 0.2) is 5.82 Å². The largest absolute Gasteiger partial charge is 0.411 e. The van der Waals surface area contributed by atoms with Crippen LogP contribution in [-0.2, 0) is 11.3 Å². The monoisotopic (exact) mass is 321 g/mol. The van der Waals surface area contributed by atoms with Gasteiger partial charge in [0.1, 0.15) is 6.61 Å². The minimum atomic E-state index is -4.36. The average Bonchev–Trinajstić information content (AvgIpc) is 2.80. The topological polar surface area (TPSA) is 78.9 Å². The Bertz CT molecular complexity index is 596. The van der Waals surface area contributed by atoms with E-state index < -0.39 is 12.8 Å². The van der Waals surface area contributed by atoms with Gasteiger partial charge >= 0.3 is 6.18 Å². The molecule has 21 heavy (non-hydrogen) atoms. The second-order valence-electron chi connectivity index (χ2n) is 4.17. The van der Waals surface area contributed by atoms with Gasteiger partial charge in [-0.3, -0.25) is 0 Å². The van der Waals surface area contributed by atoms with E-state index in [-0.39, 0.29) is 13.2 Å². The van der Waals surface area contributed by atoms with E-state index in [1.807, 2.05) is 0 Å². The summed E-state index contributed by atoms with van der Waals surface area (Å²) in [6.45, 7) is -1.41. The lowest BCUT2D eigenvalue weighted by Crippen LogP contribution is -2.19. The summed E-state index contributed by atoms with van der Waals surface area (Å²) in [6.07, 6.45) is -4.36. The smallest absolute Gasteiger partial charge is 0.399 e. The summed E-state index contributed by atoms with van der Waals surface area (Å²) < 4.78 is 41.7. The lowest BCUT2D eigenvalue weighted by Gasteiger charge is -2.08. The highest BCUT2D eigenvalue weighted by atomic mass is 35.5. The Labute approximate surface area is 122 Å². The fraction of sp³-hybridized carbons (Fsp3) is 0.364. The molecule has 0 bridgehead atoms. The summed E-state index contributed by atoms with van der Waals surface area (Å²) in [4.78, 5) is 0. The van der Waals surface area contributed by atoms with E-state index in [4.69, 9.17) is 17.3 Å². The van der Waals surface area contributed by atoms with Gasteiger partial charge in [0.05, 0.1) is 13.2 Å². The molecule has 0 spiro atoms. The van der Waals surface area contributed by atoms with E-state index >= 15 is 0 Å². The van der Waals surface area contributed by atoms with Gasteiger partial charge in [0.25, 0.3) is 0 Å². The van der Waals surface area contributed by atoms with Crippen molar-refractivity contribution in [1.29, 1.82) is 0 Å². The maximum Gasteiger partial charge on any atom is 0.411 e.